The Morgan fingerprint density at radius 1 is 1.32 bits per heavy atom. The summed E-state index contributed by atoms with van der Waals surface area (Å²) in [5, 5.41) is 2.89. The van der Waals surface area contributed by atoms with E-state index < -0.39 is 0 Å². The molecule has 120 valence electrons. The predicted octanol–water partition coefficient (Wildman–Crippen LogP) is 2.82. The number of fused-ring (bicyclic) bond motifs is 1. The molecule has 1 heterocycles. The van der Waals surface area contributed by atoms with Gasteiger partial charge in [-0.15, -0.1) is 0 Å². The molecule has 0 unspecified atom stereocenters. The maximum atomic E-state index is 11.9. The van der Waals surface area contributed by atoms with E-state index in [2.05, 4.69) is 10.3 Å². The molecule has 1 aromatic heterocycles. The Hall–Kier alpha value is -1.92. The van der Waals surface area contributed by atoms with Crippen LogP contribution < -0.4 is 11.1 Å². The van der Waals surface area contributed by atoms with Crippen molar-refractivity contribution in [1.29, 1.82) is 0 Å². The Bertz CT molecular complexity index is 610. The van der Waals surface area contributed by atoms with Crippen molar-refractivity contribution in [2.45, 2.75) is 38.7 Å². The van der Waals surface area contributed by atoms with E-state index in [1.165, 1.54) is 0 Å². The third-order valence-electron chi connectivity index (χ3n) is 3.34. The molecule has 0 fully saturated rings. The number of carbonyl (C=O) groups is 1. The Labute approximate surface area is 130 Å². The summed E-state index contributed by atoms with van der Waals surface area (Å²) in [5.41, 5.74) is 7.57. The quantitative estimate of drug-likeness (QED) is 0.695. The highest BCUT2D eigenvalue weighted by molar-refractivity contribution is 5.92. The lowest BCUT2D eigenvalue weighted by Gasteiger charge is -2.04. The number of ether oxygens (including phenoxy) is 1. The minimum Gasteiger partial charge on any atom is -0.438 e. The number of aromatic nitrogens is 1. The first kappa shape index (κ1) is 16.5. The van der Waals surface area contributed by atoms with Gasteiger partial charge in [-0.25, -0.2) is 4.98 Å². The number of methoxy groups -OCH3 is 1. The third kappa shape index (κ3) is 4.82. The summed E-state index contributed by atoms with van der Waals surface area (Å²) in [5.74, 6) is 0.550. The molecule has 6 heteroatoms. The molecule has 0 spiro atoms. The molecule has 0 saturated carbocycles. The minimum atomic E-state index is 0.0210. The van der Waals surface area contributed by atoms with Gasteiger partial charge >= 0.3 is 0 Å². The second kappa shape index (κ2) is 8.51. The van der Waals surface area contributed by atoms with E-state index in [1.807, 2.05) is 12.1 Å². The van der Waals surface area contributed by atoms with Crippen LogP contribution in [0.2, 0.25) is 0 Å². The van der Waals surface area contributed by atoms with Gasteiger partial charge in [-0.2, -0.15) is 0 Å². The second-order valence-electron chi connectivity index (χ2n) is 5.22. The van der Waals surface area contributed by atoms with Crippen LogP contribution in [0, 0.1) is 0 Å². The zero-order chi connectivity index (χ0) is 15.8. The number of nitrogens with zero attached hydrogens (tertiary/aromatic N) is 1. The van der Waals surface area contributed by atoms with Crippen LogP contribution in [0.5, 0.6) is 0 Å². The number of nitrogens with two attached hydrogens (primary N) is 1. The summed E-state index contributed by atoms with van der Waals surface area (Å²) in [7, 11) is 1.59. The van der Waals surface area contributed by atoms with Gasteiger partial charge in [-0.3, -0.25) is 4.79 Å². The highest BCUT2D eigenvalue weighted by Crippen LogP contribution is 2.20. The lowest BCUT2D eigenvalue weighted by Crippen LogP contribution is -2.11. The van der Waals surface area contributed by atoms with E-state index in [0.717, 1.165) is 37.9 Å². The second-order valence-corrected chi connectivity index (χ2v) is 5.22. The van der Waals surface area contributed by atoms with Crippen LogP contribution in [0.3, 0.4) is 0 Å². The zero-order valence-electron chi connectivity index (χ0n) is 12.9. The molecule has 1 aromatic carbocycles. The van der Waals surface area contributed by atoms with Crippen LogP contribution in [-0.2, 0) is 16.1 Å². The number of oxazole rings is 1. The molecule has 0 saturated heterocycles. The molecule has 22 heavy (non-hydrogen) atoms. The van der Waals surface area contributed by atoms with Crippen LogP contribution in [0.4, 0.5) is 5.69 Å². The maximum Gasteiger partial charge on any atom is 0.224 e. The molecule has 0 atom stereocenters. The van der Waals surface area contributed by atoms with Crippen molar-refractivity contribution in [3.8, 4) is 0 Å². The van der Waals surface area contributed by atoms with Crippen molar-refractivity contribution in [3.63, 3.8) is 0 Å². The van der Waals surface area contributed by atoms with Crippen molar-refractivity contribution in [2.75, 3.05) is 19.0 Å². The van der Waals surface area contributed by atoms with E-state index >= 15 is 0 Å². The molecule has 1 amide bonds. The first-order valence-electron chi connectivity index (χ1n) is 7.61. The smallest absolute Gasteiger partial charge is 0.224 e. The molecule has 6 nitrogen and oxygen atoms in total. The Morgan fingerprint density at radius 3 is 2.91 bits per heavy atom. The van der Waals surface area contributed by atoms with Crippen molar-refractivity contribution in [3.05, 3.63) is 24.1 Å². The number of benzene rings is 1. The van der Waals surface area contributed by atoms with E-state index in [1.54, 1.807) is 13.2 Å². The van der Waals surface area contributed by atoms with Crippen molar-refractivity contribution in [1.82, 2.24) is 4.98 Å². The first-order valence-corrected chi connectivity index (χ1v) is 7.61. The van der Waals surface area contributed by atoms with Crippen LogP contribution in [0.25, 0.3) is 11.1 Å². The van der Waals surface area contributed by atoms with Crippen molar-refractivity contribution < 1.29 is 13.9 Å². The van der Waals surface area contributed by atoms with Crippen LogP contribution in [0.1, 0.15) is 38.0 Å². The van der Waals surface area contributed by atoms with Crippen LogP contribution >= 0.6 is 0 Å². The van der Waals surface area contributed by atoms with Crippen LogP contribution in [-0.4, -0.2) is 24.5 Å². The summed E-state index contributed by atoms with van der Waals surface area (Å²) in [4.78, 5) is 16.2. The average Bonchev–Trinajstić information content (AvgIpc) is 2.89. The highest BCUT2D eigenvalue weighted by Gasteiger charge is 2.08. The van der Waals surface area contributed by atoms with Crippen molar-refractivity contribution >= 4 is 22.7 Å². The predicted molar refractivity (Wildman–Crippen MR) is 85.5 cm³/mol. The largest absolute Gasteiger partial charge is 0.438 e. The van der Waals surface area contributed by atoms with Gasteiger partial charge < -0.3 is 20.2 Å². The van der Waals surface area contributed by atoms with Gasteiger partial charge in [-0.1, -0.05) is 12.8 Å². The van der Waals surface area contributed by atoms with E-state index in [4.69, 9.17) is 14.9 Å². The molecule has 0 aliphatic heterocycles. The van der Waals surface area contributed by atoms with E-state index in [0.29, 0.717) is 30.0 Å². The summed E-state index contributed by atoms with van der Waals surface area (Å²) < 4.78 is 10.5. The first-order chi connectivity index (χ1) is 10.7. The molecule has 0 bridgehead atoms. The third-order valence-corrected chi connectivity index (χ3v) is 3.34. The van der Waals surface area contributed by atoms with Gasteiger partial charge in [-0.05, 0) is 37.6 Å². The Balaban J connectivity index is 1.86. The molecule has 0 aliphatic carbocycles. The van der Waals surface area contributed by atoms with Gasteiger partial charge in [0.1, 0.15) is 12.1 Å². The van der Waals surface area contributed by atoms with Crippen molar-refractivity contribution in [2.24, 2.45) is 5.73 Å². The number of anilines is 1. The highest BCUT2D eigenvalue weighted by atomic mass is 16.5. The molecule has 2 aromatic rings. The number of unbranched alkanes of at least 4 members (excludes halogenated alkanes) is 3. The number of amides is 1. The summed E-state index contributed by atoms with van der Waals surface area (Å²) >= 11 is 0. The van der Waals surface area contributed by atoms with Gasteiger partial charge in [0.2, 0.25) is 11.8 Å². The summed E-state index contributed by atoms with van der Waals surface area (Å²) in [6.45, 7) is 1.05. The Kier molecular flexibility index (Phi) is 6.36. The lowest BCUT2D eigenvalue weighted by atomic mass is 10.1. The maximum absolute atomic E-state index is 11.9. The number of rotatable bonds is 9. The molecular weight excluding hydrogens is 282 g/mol. The Morgan fingerprint density at radius 2 is 2.14 bits per heavy atom. The fraction of sp³-hybridized carbons (Fsp3) is 0.500. The van der Waals surface area contributed by atoms with Gasteiger partial charge in [0.05, 0.1) is 0 Å². The molecule has 0 aliphatic rings. The minimum absolute atomic E-state index is 0.0210. The van der Waals surface area contributed by atoms with Gasteiger partial charge in [0.15, 0.2) is 5.58 Å². The van der Waals surface area contributed by atoms with Crippen LogP contribution in [0.15, 0.2) is 22.6 Å². The van der Waals surface area contributed by atoms with Gasteiger partial charge in [0, 0.05) is 19.2 Å². The average molecular weight is 305 g/mol. The molecule has 3 N–H and O–H groups in total. The zero-order valence-corrected chi connectivity index (χ0v) is 12.9. The number of nitrogens with one attached hydrogen (secondary N) is 1. The summed E-state index contributed by atoms with van der Waals surface area (Å²) in [6, 6.07) is 5.43. The topological polar surface area (TPSA) is 90.4 Å². The number of hydrogen-bond donors (Lipinski definition) is 2. The SMILES string of the molecule is COCc1nc2cc(NC(=O)CCCCCCN)ccc2o1. The number of hydrogen-bond acceptors (Lipinski definition) is 5. The number of carbonyl (C=O) groups excluding carboxylic acids is 1. The van der Waals surface area contributed by atoms with E-state index in [-0.39, 0.29) is 5.91 Å². The fourth-order valence-electron chi connectivity index (χ4n) is 2.25. The monoisotopic (exact) mass is 305 g/mol. The fourth-order valence-corrected chi connectivity index (χ4v) is 2.25. The standard InChI is InChI=1S/C16H23N3O3/c1-21-11-16-19-13-10-12(7-8-14(13)22-16)18-15(20)6-4-2-3-5-9-17/h7-8,10H,2-6,9,11,17H2,1H3,(H,18,20). The molecule has 2 rings (SSSR count). The molecule has 0 radical (unpaired) electrons. The normalized spacial score (nSPS) is 11.0. The molecular formula is C16H23N3O3. The van der Waals surface area contributed by atoms with Gasteiger partial charge in [0.25, 0.3) is 0 Å². The summed E-state index contributed by atoms with van der Waals surface area (Å²) in [6.07, 6.45) is 4.55. The van der Waals surface area contributed by atoms with E-state index in [9.17, 15) is 4.79 Å². The lowest BCUT2D eigenvalue weighted by molar-refractivity contribution is -0.116.